The zero-order valence-corrected chi connectivity index (χ0v) is 11.6. The molecule has 1 atom stereocenters. The molecule has 1 unspecified atom stereocenters. The minimum absolute atomic E-state index is 0.0360. The highest BCUT2D eigenvalue weighted by atomic mass is 16.3. The predicted octanol–water partition coefficient (Wildman–Crippen LogP) is 3.33. The summed E-state index contributed by atoms with van der Waals surface area (Å²) in [7, 11) is 0. The van der Waals surface area contributed by atoms with E-state index >= 15 is 0 Å². The highest BCUT2D eigenvalue weighted by molar-refractivity contribution is 5.42. The Hall–Kier alpha value is -1.97. The molecule has 0 aromatic carbocycles. The third-order valence-electron chi connectivity index (χ3n) is 3.02. The monoisotopic (exact) mass is 260 g/mol. The van der Waals surface area contributed by atoms with Crippen molar-refractivity contribution in [3.63, 3.8) is 0 Å². The Kier molecular flexibility index (Phi) is 4.10. The molecule has 102 valence electrons. The molecule has 0 spiro atoms. The topological polar surface area (TPSA) is 47.2 Å². The van der Waals surface area contributed by atoms with E-state index in [-0.39, 0.29) is 11.6 Å². The van der Waals surface area contributed by atoms with Gasteiger partial charge >= 0.3 is 0 Å². The van der Waals surface area contributed by atoms with Crippen LogP contribution >= 0.6 is 0 Å². The SMILES string of the molecule is CCCn1cc(NC(C)c2ccc(C)o2)ccc1=O. The number of anilines is 1. The van der Waals surface area contributed by atoms with Gasteiger partial charge in [0.15, 0.2) is 0 Å². The van der Waals surface area contributed by atoms with Gasteiger partial charge in [0.1, 0.15) is 11.5 Å². The molecular formula is C15H20N2O2. The summed E-state index contributed by atoms with van der Waals surface area (Å²) in [4.78, 5) is 11.6. The smallest absolute Gasteiger partial charge is 0.250 e. The molecule has 0 radical (unpaired) electrons. The van der Waals surface area contributed by atoms with Gasteiger partial charge in [-0.1, -0.05) is 6.92 Å². The normalized spacial score (nSPS) is 12.4. The number of nitrogens with zero attached hydrogens (tertiary/aromatic N) is 1. The van der Waals surface area contributed by atoms with Crippen LogP contribution in [0.2, 0.25) is 0 Å². The Balaban J connectivity index is 2.14. The van der Waals surface area contributed by atoms with E-state index in [1.54, 1.807) is 16.7 Å². The van der Waals surface area contributed by atoms with Crippen molar-refractivity contribution in [3.8, 4) is 0 Å². The number of pyridine rings is 1. The molecule has 0 saturated heterocycles. The second kappa shape index (κ2) is 5.78. The van der Waals surface area contributed by atoms with Crippen LogP contribution in [0.3, 0.4) is 0 Å². The molecule has 2 rings (SSSR count). The standard InChI is InChI=1S/C15H20N2O2/c1-4-9-17-10-13(6-8-15(17)18)16-12(3)14-7-5-11(2)19-14/h5-8,10,12,16H,4,9H2,1-3H3. The molecule has 0 fully saturated rings. The summed E-state index contributed by atoms with van der Waals surface area (Å²) >= 11 is 0. The summed E-state index contributed by atoms with van der Waals surface area (Å²) < 4.78 is 7.31. The summed E-state index contributed by atoms with van der Waals surface area (Å²) in [5.74, 6) is 1.80. The fourth-order valence-corrected chi connectivity index (χ4v) is 2.04. The van der Waals surface area contributed by atoms with Crippen molar-refractivity contribution in [2.75, 3.05) is 5.32 Å². The molecule has 4 heteroatoms. The van der Waals surface area contributed by atoms with Gasteiger partial charge in [0.2, 0.25) is 0 Å². The zero-order chi connectivity index (χ0) is 13.8. The molecule has 0 amide bonds. The summed E-state index contributed by atoms with van der Waals surface area (Å²) in [6, 6.07) is 7.39. The van der Waals surface area contributed by atoms with Gasteiger partial charge in [0.25, 0.3) is 5.56 Å². The Morgan fingerprint density at radius 3 is 2.74 bits per heavy atom. The lowest BCUT2D eigenvalue weighted by atomic mass is 10.2. The molecule has 4 nitrogen and oxygen atoms in total. The Bertz CT molecular complexity index is 598. The third-order valence-corrected chi connectivity index (χ3v) is 3.02. The quantitative estimate of drug-likeness (QED) is 0.897. The fraction of sp³-hybridized carbons (Fsp3) is 0.400. The van der Waals surface area contributed by atoms with Crippen molar-refractivity contribution in [3.05, 3.63) is 52.3 Å². The Morgan fingerprint density at radius 1 is 1.32 bits per heavy atom. The maximum Gasteiger partial charge on any atom is 0.250 e. The lowest BCUT2D eigenvalue weighted by Crippen LogP contribution is -2.19. The van der Waals surface area contributed by atoms with Crippen LogP contribution in [-0.2, 0) is 6.54 Å². The van der Waals surface area contributed by atoms with Crippen LogP contribution in [0.1, 0.15) is 37.8 Å². The summed E-state index contributed by atoms with van der Waals surface area (Å²) in [6.45, 7) is 6.76. The number of furan rings is 1. The van der Waals surface area contributed by atoms with Gasteiger partial charge in [-0.05, 0) is 38.5 Å². The lowest BCUT2D eigenvalue weighted by molar-refractivity contribution is 0.466. The van der Waals surface area contributed by atoms with E-state index in [0.717, 1.165) is 30.2 Å². The first-order valence-electron chi connectivity index (χ1n) is 6.63. The number of hydrogen-bond acceptors (Lipinski definition) is 3. The number of aromatic nitrogens is 1. The summed E-state index contributed by atoms with van der Waals surface area (Å²) in [6.07, 6.45) is 2.80. The van der Waals surface area contributed by atoms with E-state index in [4.69, 9.17) is 4.42 Å². The fourth-order valence-electron chi connectivity index (χ4n) is 2.04. The van der Waals surface area contributed by atoms with Crippen molar-refractivity contribution in [1.82, 2.24) is 4.57 Å². The van der Waals surface area contributed by atoms with Gasteiger partial charge in [-0.3, -0.25) is 4.79 Å². The van der Waals surface area contributed by atoms with Gasteiger partial charge < -0.3 is 14.3 Å². The highest BCUT2D eigenvalue weighted by Gasteiger charge is 2.09. The molecule has 0 aliphatic carbocycles. The first kappa shape index (κ1) is 13.5. The first-order valence-corrected chi connectivity index (χ1v) is 6.63. The van der Waals surface area contributed by atoms with Crippen LogP contribution < -0.4 is 10.9 Å². The molecule has 2 heterocycles. The lowest BCUT2D eigenvalue weighted by Gasteiger charge is -2.14. The highest BCUT2D eigenvalue weighted by Crippen LogP contribution is 2.20. The molecule has 0 bridgehead atoms. The van der Waals surface area contributed by atoms with Crippen LogP contribution in [0, 0.1) is 6.92 Å². The van der Waals surface area contributed by atoms with E-state index in [2.05, 4.69) is 12.2 Å². The summed E-state index contributed by atoms with van der Waals surface area (Å²) in [5.41, 5.74) is 0.962. The maximum atomic E-state index is 11.6. The van der Waals surface area contributed by atoms with E-state index in [1.807, 2.05) is 32.2 Å². The van der Waals surface area contributed by atoms with Crippen LogP contribution in [0.15, 0.2) is 39.7 Å². The second-order valence-electron chi connectivity index (χ2n) is 4.76. The van der Waals surface area contributed by atoms with E-state index in [1.165, 1.54) is 0 Å². The van der Waals surface area contributed by atoms with E-state index < -0.39 is 0 Å². The van der Waals surface area contributed by atoms with Gasteiger partial charge in [0, 0.05) is 18.8 Å². The number of rotatable bonds is 5. The van der Waals surface area contributed by atoms with Crippen LogP contribution in [0.5, 0.6) is 0 Å². The second-order valence-corrected chi connectivity index (χ2v) is 4.76. The molecule has 0 saturated carbocycles. The number of aryl methyl sites for hydroxylation is 2. The van der Waals surface area contributed by atoms with Crippen molar-refractivity contribution < 1.29 is 4.42 Å². The zero-order valence-electron chi connectivity index (χ0n) is 11.6. The molecule has 1 N–H and O–H groups in total. The van der Waals surface area contributed by atoms with Crippen molar-refractivity contribution in [2.24, 2.45) is 0 Å². The molecule has 0 aliphatic heterocycles. The minimum atomic E-state index is 0.0360. The van der Waals surface area contributed by atoms with Crippen molar-refractivity contribution in [1.29, 1.82) is 0 Å². The largest absolute Gasteiger partial charge is 0.464 e. The Labute approximate surface area is 113 Å². The van der Waals surface area contributed by atoms with Crippen molar-refractivity contribution in [2.45, 2.75) is 39.8 Å². The van der Waals surface area contributed by atoms with Crippen LogP contribution in [0.4, 0.5) is 5.69 Å². The molecule has 19 heavy (non-hydrogen) atoms. The third kappa shape index (κ3) is 3.28. The van der Waals surface area contributed by atoms with Gasteiger partial charge in [0.05, 0.1) is 11.7 Å². The van der Waals surface area contributed by atoms with Crippen LogP contribution in [0.25, 0.3) is 0 Å². The molecule has 2 aromatic heterocycles. The number of nitrogens with one attached hydrogen (secondary N) is 1. The maximum absolute atomic E-state index is 11.6. The van der Waals surface area contributed by atoms with E-state index in [0.29, 0.717) is 0 Å². The number of hydrogen-bond donors (Lipinski definition) is 1. The molecule has 0 aliphatic rings. The van der Waals surface area contributed by atoms with Crippen molar-refractivity contribution >= 4 is 5.69 Å². The average molecular weight is 260 g/mol. The van der Waals surface area contributed by atoms with Gasteiger partial charge in [-0.2, -0.15) is 0 Å². The predicted molar refractivity (Wildman–Crippen MR) is 76.5 cm³/mol. The van der Waals surface area contributed by atoms with Crippen LogP contribution in [-0.4, -0.2) is 4.57 Å². The minimum Gasteiger partial charge on any atom is -0.464 e. The average Bonchev–Trinajstić information content (AvgIpc) is 2.80. The molecular weight excluding hydrogens is 240 g/mol. The first-order chi connectivity index (χ1) is 9.10. The Morgan fingerprint density at radius 2 is 2.11 bits per heavy atom. The van der Waals surface area contributed by atoms with Gasteiger partial charge in [-0.25, -0.2) is 0 Å². The van der Waals surface area contributed by atoms with E-state index in [9.17, 15) is 4.79 Å². The van der Waals surface area contributed by atoms with Gasteiger partial charge in [-0.15, -0.1) is 0 Å². The molecule has 2 aromatic rings. The summed E-state index contributed by atoms with van der Waals surface area (Å²) in [5, 5.41) is 3.34.